The summed E-state index contributed by atoms with van der Waals surface area (Å²) >= 11 is 19.6. The van der Waals surface area contributed by atoms with Gasteiger partial charge in [-0.25, -0.2) is 4.79 Å². The van der Waals surface area contributed by atoms with Crippen molar-refractivity contribution in [3.8, 4) is 0 Å². The number of halogens is 3. The number of hydrogen-bond donors (Lipinski definition) is 2. The van der Waals surface area contributed by atoms with E-state index in [2.05, 4.69) is 10.6 Å². The number of amides is 1. The molecule has 146 valence electrons. The first-order valence-electron chi connectivity index (χ1n) is 8.72. The first-order chi connectivity index (χ1) is 12.3. The monoisotopic (exact) mass is 440 g/mol. The van der Waals surface area contributed by atoms with Crippen LogP contribution in [0.5, 0.6) is 0 Å². The molecule has 0 fully saturated rings. The summed E-state index contributed by atoms with van der Waals surface area (Å²) in [6.07, 6.45) is 3.88. The minimum absolute atomic E-state index is 0.227. The fourth-order valence-electron chi connectivity index (χ4n) is 2.88. The zero-order valence-electron chi connectivity index (χ0n) is 14.8. The Bertz CT molecular complexity index is 658. The van der Waals surface area contributed by atoms with Gasteiger partial charge in [0.15, 0.2) is 0 Å². The van der Waals surface area contributed by atoms with E-state index in [1.165, 1.54) is 11.3 Å². The lowest BCUT2D eigenvalue weighted by atomic mass is 9.95. The van der Waals surface area contributed by atoms with E-state index in [0.29, 0.717) is 23.4 Å². The average molecular weight is 442 g/mol. The molecule has 26 heavy (non-hydrogen) atoms. The number of nitrogens with one attached hydrogen (secondary N) is 2. The number of thiophene rings is 1. The highest BCUT2D eigenvalue weighted by Gasteiger charge is 2.36. The third-order valence-corrected chi connectivity index (χ3v) is 5.91. The molecule has 1 amide bonds. The van der Waals surface area contributed by atoms with Crippen molar-refractivity contribution in [2.24, 2.45) is 0 Å². The molecule has 0 aromatic carbocycles. The summed E-state index contributed by atoms with van der Waals surface area (Å²) in [7, 11) is 0. The molecule has 1 aliphatic carbocycles. The average Bonchev–Trinajstić information content (AvgIpc) is 2.92. The van der Waals surface area contributed by atoms with Gasteiger partial charge in [-0.05, 0) is 44.6 Å². The number of esters is 1. The van der Waals surface area contributed by atoms with Gasteiger partial charge < -0.3 is 15.4 Å². The summed E-state index contributed by atoms with van der Waals surface area (Å²) < 4.78 is 3.44. The molecule has 0 unspecified atom stereocenters. The van der Waals surface area contributed by atoms with Crippen LogP contribution in [-0.4, -0.2) is 28.4 Å². The van der Waals surface area contributed by atoms with Crippen LogP contribution in [0.1, 0.15) is 60.3 Å². The molecule has 1 aromatic heterocycles. The molecule has 9 heteroatoms. The molecule has 1 aliphatic rings. The van der Waals surface area contributed by atoms with Crippen LogP contribution >= 0.6 is 46.1 Å². The summed E-state index contributed by atoms with van der Waals surface area (Å²) in [5.74, 6) is -0.618. The second kappa shape index (κ2) is 9.49. The van der Waals surface area contributed by atoms with Gasteiger partial charge >= 0.3 is 5.97 Å². The number of fused-ring (bicyclic) bond motifs is 1. The van der Waals surface area contributed by atoms with Crippen LogP contribution in [0, 0.1) is 0 Å². The van der Waals surface area contributed by atoms with Crippen molar-refractivity contribution in [1.29, 1.82) is 0 Å². The molecule has 1 aromatic rings. The van der Waals surface area contributed by atoms with Gasteiger partial charge in [-0.15, -0.1) is 11.3 Å². The van der Waals surface area contributed by atoms with Gasteiger partial charge in [-0.1, -0.05) is 41.7 Å². The zero-order chi connectivity index (χ0) is 19.3. The molecule has 0 saturated carbocycles. The Kier molecular flexibility index (Phi) is 7.89. The van der Waals surface area contributed by atoms with Gasteiger partial charge in [0.1, 0.15) is 11.2 Å². The van der Waals surface area contributed by atoms with E-state index in [1.807, 2.05) is 6.92 Å². The Balaban J connectivity index is 2.34. The summed E-state index contributed by atoms with van der Waals surface area (Å²) in [6, 6.07) is 0. The van der Waals surface area contributed by atoms with Gasteiger partial charge in [0.25, 0.3) is 0 Å². The summed E-state index contributed by atoms with van der Waals surface area (Å²) in [5, 5.41) is 6.33. The fraction of sp³-hybridized carbons (Fsp3) is 0.647. The first kappa shape index (κ1) is 21.6. The molecule has 0 aliphatic heterocycles. The second-order valence-corrected chi connectivity index (χ2v) is 9.55. The Morgan fingerprint density at radius 2 is 1.92 bits per heavy atom. The predicted molar refractivity (Wildman–Crippen MR) is 108 cm³/mol. The topological polar surface area (TPSA) is 67.4 Å². The van der Waals surface area contributed by atoms with E-state index >= 15 is 0 Å². The lowest BCUT2D eigenvalue weighted by Crippen LogP contribution is -2.49. The minimum Gasteiger partial charge on any atom is -0.462 e. The van der Waals surface area contributed by atoms with Crippen LogP contribution in [0.25, 0.3) is 0 Å². The van der Waals surface area contributed by atoms with Crippen molar-refractivity contribution >= 4 is 63.0 Å². The normalized spacial score (nSPS) is 15.1. The summed E-state index contributed by atoms with van der Waals surface area (Å²) in [4.78, 5) is 25.6. The van der Waals surface area contributed by atoms with E-state index in [1.54, 1.807) is 6.92 Å². The van der Waals surface area contributed by atoms with E-state index in [-0.39, 0.29) is 12.5 Å². The highest BCUT2D eigenvalue weighted by atomic mass is 35.6. The first-order valence-corrected chi connectivity index (χ1v) is 10.7. The van der Waals surface area contributed by atoms with Crippen molar-refractivity contribution in [1.82, 2.24) is 5.32 Å². The fourth-order valence-corrected chi connectivity index (χ4v) is 4.51. The van der Waals surface area contributed by atoms with Crippen molar-refractivity contribution in [3.05, 3.63) is 16.0 Å². The highest BCUT2D eigenvalue weighted by molar-refractivity contribution is 7.16. The SMILES string of the molecule is CCCC(=O)N[C@@H](Nc1sc2c(c1C(=O)OCC)CCCC2)C(Cl)(Cl)Cl. The van der Waals surface area contributed by atoms with E-state index < -0.39 is 15.9 Å². The van der Waals surface area contributed by atoms with Crippen molar-refractivity contribution < 1.29 is 14.3 Å². The molecular weight excluding hydrogens is 419 g/mol. The second-order valence-electron chi connectivity index (χ2n) is 6.07. The Labute approximate surface area is 172 Å². The summed E-state index contributed by atoms with van der Waals surface area (Å²) in [6.45, 7) is 3.94. The number of alkyl halides is 3. The molecule has 1 atom stereocenters. The van der Waals surface area contributed by atoms with Crippen molar-refractivity contribution in [2.75, 3.05) is 11.9 Å². The third kappa shape index (κ3) is 5.41. The number of carbonyl (C=O) groups is 2. The van der Waals surface area contributed by atoms with Crippen molar-refractivity contribution in [3.63, 3.8) is 0 Å². The van der Waals surface area contributed by atoms with E-state index in [0.717, 1.165) is 36.1 Å². The maximum absolute atomic E-state index is 12.5. The lowest BCUT2D eigenvalue weighted by Gasteiger charge is -2.27. The number of aryl methyl sites for hydroxylation is 1. The van der Waals surface area contributed by atoms with Gasteiger partial charge in [0, 0.05) is 11.3 Å². The van der Waals surface area contributed by atoms with E-state index in [9.17, 15) is 9.59 Å². The Morgan fingerprint density at radius 3 is 2.54 bits per heavy atom. The van der Waals surface area contributed by atoms with Crippen LogP contribution in [-0.2, 0) is 22.4 Å². The largest absolute Gasteiger partial charge is 0.462 e. The maximum atomic E-state index is 12.5. The number of hydrogen-bond acceptors (Lipinski definition) is 5. The van der Waals surface area contributed by atoms with Crippen LogP contribution < -0.4 is 10.6 Å². The lowest BCUT2D eigenvalue weighted by molar-refractivity contribution is -0.121. The van der Waals surface area contributed by atoms with Gasteiger partial charge in [0.2, 0.25) is 9.70 Å². The molecule has 1 heterocycles. The quantitative estimate of drug-likeness (QED) is 0.361. The van der Waals surface area contributed by atoms with Crippen LogP contribution in [0.15, 0.2) is 0 Å². The molecule has 0 spiro atoms. The number of ether oxygens (including phenoxy) is 1. The standard InChI is InChI=1S/C17H23Cl3N2O3S/c1-3-7-12(23)21-16(17(18,19)20)22-14-13(15(24)25-4-2)10-8-5-6-9-11(10)26-14/h16,22H,3-9H2,1-2H3,(H,21,23)/t16-/m0/s1. The highest BCUT2D eigenvalue weighted by Crippen LogP contribution is 2.40. The molecular formula is C17H23Cl3N2O3S. The minimum atomic E-state index is -1.78. The zero-order valence-corrected chi connectivity index (χ0v) is 17.9. The van der Waals surface area contributed by atoms with Crippen molar-refractivity contribution in [2.45, 2.75) is 62.3 Å². The molecule has 5 nitrogen and oxygen atoms in total. The van der Waals surface area contributed by atoms with Crippen LogP contribution in [0.2, 0.25) is 0 Å². The molecule has 0 radical (unpaired) electrons. The van der Waals surface area contributed by atoms with Crippen LogP contribution in [0.4, 0.5) is 5.00 Å². The predicted octanol–water partition coefficient (Wildman–Crippen LogP) is 4.83. The number of rotatable bonds is 7. The summed E-state index contributed by atoms with van der Waals surface area (Å²) in [5.41, 5.74) is 1.50. The number of anilines is 1. The van der Waals surface area contributed by atoms with Gasteiger partial charge in [0.05, 0.1) is 12.2 Å². The van der Waals surface area contributed by atoms with Gasteiger partial charge in [-0.3, -0.25) is 4.79 Å². The molecule has 2 N–H and O–H groups in total. The molecule has 0 bridgehead atoms. The molecule has 2 rings (SSSR count). The van der Waals surface area contributed by atoms with E-state index in [4.69, 9.17) is 39.5 Å². The van der Waals surface area contributed by atoms with Gasteiger partial charge in [-0.2, -0.15) is 0 Å². The molecule has 0 saturated heterocycles. The number of carbonyl (C=O) groups excluding carboxylic acids is 2. The van der Waals surface area contributed by atoms with Crippen LogP contribution in [0.3, 0.4) is 0 Å². The third-order valence-electron chi connectivity index (χ3n) is 4.04. The maximum Gasteiger partial charge on any atom is 0.341 e. The Hall–Kier alpha value is -0.690. The Morgan fingerprint density at radius 1 is 1.23 bits per heavy atom. The smallest absolute Gasteiger partial charge is 0.341 e.